The molecule has 2 aliphatic rings. The van der Waals surface area contributed by atoms with E-state index in [1.807, 2.05) is 0 Å². The number of allylic oxidation sites excluding steroid dienone is 1. The Bertz CT molecular complexity index is 1200. The van der Waals surface area contributed by atoms with E-state index in [0.717, 1.165) is 0 Å². The normalized spacial score (nSPS) is 19.6. The third-order valence-electron chi connectivity index (χ3n) is 5.92. The third-order valence-corrected chi connectivity index (χ3v) is 7.69. The highest BCUT2D eigenvalue weighted by atomic mass is 32.2. The Balaban J connectivity index is 2.07. The van der Waals surface area contributed by atoms with Gasteiger partial charge in [-0.3, -0.25) is 19.2 Å². The fraction of sp³-hybridized carbons (Fsp3) is 0.565. The Morgan fingerprint density at radius 3 is 2.61 bits per heavy atom. The number of rotatable bonds is 6. The Labute approximate surface area is 209 Å². The fourth-order valence-corrected chi connectivity index (χ4v) is 5.90. The molecule has 13 heteroatoms. The van der Waals surface area contributed by atoms with E-state index < -0.39 is 50.5 Å². The van der Waals surface area contributed by atoms with E-state index in [2.05, 4.69) is 20.8 Å². The summed E-state index contributed by atoms with van der Waals surface area (Å²) in [6, 6.07) is -2.65. The summed E-state index contributed by atoms with van der Waals surface area (Å²) in [4.78, 5) is 56.2. The molecule has 196 valence electrons. The number of aliphatic imine (C=N–C) groups is 1. The van der Waals surface area contributed by atoms with Gasteiger partial charge in [0.05, 0.1) is 12.2 Å². The zero-order valence-corrected chi connectivity index (χ0v) is 21.6. The van der Waals surface area contributed by atoms with Gasteiger partial charge >= 0.3 is 0 Å². The Hall–Kier alpha value is -3.19. The van der Waals surface area contributed by atoms with Crippen molar-refractivity contribution < 1.29 is 32.1 Å². The lowest BCUT2D eigenvalue weighted by Gasteiger charge is -2.33. The van der Waals surface area contributed by atoms with Crippen LogP contribution in [0.15, 0.2) is 21.8 Å². The summed E-state index contributed by atoms with van der Waals surface area (Å²) in [6.45, 7) is 7.06. The van der Waals surface area contributed by atoms with E-state index in [-0.39, 0.29) is 43.0 Å². The van der Waals surface area contributed by atoms with Gasteiger partial charge in [-0.25, -0.2) is 9.30 Å². The number of sulfonamides is 1. The fourth-order valence-electron chi connectivity index (χ4n) is 4.23. The molecule has 2 atom stereocenters. The van der Waals surface area contributed by atoms with Gasteiger partial charge in [0.2, 0.25) is 5.04 Å². The molecule has 1 aromatic rings. The van der Waals surface area contributed by atoms with Gasteiger partial charge in [-0.2, -0.15) is 8.42 Å². The molecule has 2 aliphatic heterocycles. The summed E-state index contributed by atoms with van der Waals surface area (Å²) >= 11 is 0. The summed E-state index contributed by atoms with van der Waals surface area (Å²) in [5.74, 6) is -2.85. The number of ketones is 2. The molecule has 1 unspecified atom stereocenters. The van der Waals surface area contributed by atoms with Crippen molar-refractivity contribution >= 4 is 38.4 Å². The van der Waals surface area contributed by atoms with Gasteiger partial charge in [-0.05, 0) is 45.6 Å². The van der Waals surface area contributed by atoms with E-state index >= 15 is 0 Å². The molecule has 0 saturated carbocycles. The van der Waals surface area contributed by atoms with Crippen LogP contribution in [0.1, 0.15) is 61.3 Å². The third kappa shape index (κ3) is 5.78. The molecule has 0 aliphatic carbocycles. The predicted octanol–water partition coefficient (Wildman–Crippen LogP) is 0.800. The van der Waals surface area contributed by atoms with Crippen LogP contribution in [0.3, 0.4) is 0 Å². The summed E-state index contributed by atoms with van der Waals surface area (Å²) in [7, 11) is -4.81. The molecule has 2 N–H and O–H groups in total. The Kier molecular flexibility index (Phi) is 8.56. The van der Waals surface area contributed by atoms with Crippen molar-refractivity contribution in [2.24, 2.45) is 10.9 Å². The summed E-state index contributed by atoms with van der Waals surface area (Å²) in [5, 5.41) is 8.46. The van der Waals surface area contributed by atoms with Crippen molar-refractivity contribution in [1.29, 1.82) is 0 Å². The number of nitrogens with zero attached hydrogens (tertiary/aromatic N) is 3. The lowest BCUT2D eigenvalue weighted by molar-refractivity contribution is -0.135. The second-order valence-electron chi connectivity index (χ2n) is 9.24. The van der Waals surface area contributed by atoms with Gasteiger partial charge in [-0.1, -0.05) is 25.1 Å². The molecule has 0 radical (unpaired) electrons. The van der Waals surface area contributed by atoms with Crippen molar-refractivity contribution in [3.05, 3.63) is 29.3 Å². The highest BCUT2D eigenvalue weighted by Crippen LogP contribution is 2.23. The molecule has 0 bridgehead atoms. The molecule has 1 aromatic heterocycles. The first-order valence-corrected chi connectivity index (χ1v) is 13.2. The number of Topliss-reactive ketones (excluding diaryl/α,β-unsaturated/α-hetero) is 2. The van der Waals surface area contributed by atoms with Crippen LogP contribution >= 0.6 is 0 Å². The van der Waals surface area contributed by atoms with Crippen LogP contribution in [0.4, 0.5) is 0 Å². The number of aromatic nitrogens is 1. The van der Waals surface area contributed by atoms with Gasteiger partial charge in [0.25, 0.3) is 21.8 Å². The first kappa shape index (κ1) is 27.4. The number of carbonyl (C=O) groups is 4. The maximum atomic E-state index is 13.9. The van der Waals surface area contributed by atoms with Gasteiger partial charge in [0.15, 0.2) is 11.6 Å². The molecule has 2 amide bonds. The van der Waals surface area contributed by atoms with Crippen LogP contribution in [0.2, 0.25) is 0 Å². The zero-order chi connectivity index (χ0) is 26.6. The monoisotopic (exact) mass is 521 g/mol. The SMILES string of the molecule is Cc1noc(C)c1C(=O)NC(CC(C)C)C(=O)N([C@H]1CCCNCC1=O)S(=O)(=O)C1=NC=CCC1=O. The van der Waals surface area contributed by atoms with E-state index in [1.54, 1.807) is 27.7 Å². The second-order valence-corrected chi connectivity index (χ2v) is 11.0. The molecule has 12 nitrogen and oxygen atoms in total. The first-order chi connectivity index (χ1) is 16.9. The maximum absolute atomic E-state index is 13.9. The lowest BCUT2D eigenvalue weighted by Crippen LogP contribution is -2.58. The summed E-state index contributed by atoms with van der Waals surface area (Å²) in [6.07, 6.45) is 2.96. The molecular weight excluding hydrogens is 490 g/mol. The van der Waals surface area contributed by atoms with Crippen LogP contribution in [0.25, 0.3) is 0 Å². The molecule has 3 rings (SSSR count). The van der Waals surface area contributed by atoms with Gasteiger partial charge in [-0.15, -0.1) is 0 Å². The molecular formula is C23H31N5O7S. The van der Waals surface area contributed by atoms with Crippen molar-refractivity contribution in [2.45, 2.75) is 65.5 Å². The highest BCUT2D eigenvalue weighted by molar-refractivity contribution is 8.06. The first-order valence-electron chi connectivity index (χ1n) is 11.8. The number of hydrogen-bond donors (Lipinski definition) is 2. The predicted molar refractivity (Wildman–Crippen MR) is 130 cm³/mol. The van der Waals surface area contributed by atoms with Crippen molar-refractivity contribution in [3.63, 3.8) is 0 Å². The van der Waals surface area contributed by atoms with E-state index in [9.17, 15) is 27.6 Å². The van der Waals surface area contributed by atoms with Crippen molar-refractivity contribution in [2.75, 3.05) is 13.1 Å². The van der Waals surface area contributed by atoms with Crippen LogP contribution in [-0.4, -0.2) is 71.5 Å². The number of hydrogen-bond acceptors (Lipinski definition) is 10. The van der Waals surface area contributed by atoms with Crippen LogP contribution in [0, 0.1) is 19.8 Å². The molecule has 3 heterocycles. The van der Waals surface area contributed by atoms with Crippen LogP contribution in [-0.2, 0) is 24.4 Å². The zero-order valence-electron chi connectivity index (χ0n) is 20.7. The number of carbonyl (C=O) groups excluding carboxylic acids is 4. The number of aryl methyl sites for hydroxylation is 2. The standard InChI is InChI=1S/C23H31N5O7S/c1-13(2)11-16(26-21(31)20-14(3)27-35-15(20)4)23(32)28(17-7-5-9-24-12-19(17)30)36(33,34)22-18(29)8-6-10-25-22/h6,10,13,16-17,24H,5,7-9,11-12H2,1-4H3,(H,26,31)/t16?,17-/m0/s1. The van der Waals surface area contributed by atoms with E-state index in [0.29, 0.717) is 23.0 Å². The average molecular weight is 522 g/mol. The van der Waals surface area contributed by atoms with Crippen molar-refractivity contribution in [3.8, 4) is 0 Å². The largest absolute Gasteiger partial charge is 0.361 e. The number of nitrogens with one attached hydrogen (secondary N) is 2. The minimum Gasteiger partial charge on any atom is -0.361 e. The van der Waals surface area contributed by atoms with E-state index in [4.69, 9.17) is 4.52 Å². The smallest absolute Gasteiger partial charge is 0.288 e. The van der Waals surface area contributed by atoms with Crippen LogP contribution in [0.5, 0.6) is 0 Å². The van der Waals surface area contributed by atoms with Gasteiger partial charge in [0, 0.05) is 12.6 Å². The highest BCUT2D eigenvalue weighted by Gasteiger charge is 2.46. The summed E-state index contributed by atoms with van der Waals surface area (Å²) < 4.78 is 32.9. The average Bonchev–Trinajstić information content (AvgIpc) is 3.00. The maximum Gasteiger partial charge on any atom is 0.288 e. The van der Waals surface area contributed by atoms with Crippen molar-refractivity contribution in [1.82, 2.24) is 20.1 Å². The summed E-state index contributed by atoms with van der Waals surface area (Å²) in [5.41, 5.74) is 0.446. The van der Waals surface area contributed by atoms with Gasteiger partial charge in [0.1, 0.15) is 23.4 Å². The molecule has 0 aromatic carbocycles. The minimum absolute atomic E-state index is 0.0698. The molecule has 0 spiro atoms. The Morgan fingerprint density at radius 2 is 2.00 bits per heavy atom. The Morgan fingerprint density at radius 1 is 1.28 bits per heavy atom. The van der Waals surface area contributed by atoms with E-state index in [1.165, 1.54) is 12.3 Å². The van der Waals surface area contributed by atoms with Crippen LogP contribution < -0.4 is 10.6 Å². The minimum atomic E-state index is -4.81. The molecule has 1 fully saturated rings. The van der Waals surface area contributed by atoms with Gasteiger partial charge < -0.3 is 15.2 Å². The quantitative estimate of drug-likeness (QED) is 0.550. The lowest BCUT2D eigenvalue weighted by atomic mass is 10.0. The number of amides is 2. The molecule has 36 heavy (non-hydrogen) atoms. The molecule has 1 saturated heterocycles. The second kappa shape index (κ2) is 11.2. The topological polar surface area (TPSA) is 168 Å².